The minimum atomic E-state index is -3.82. The van der Waals surface area contributed by atoms with Crippen LogP contribution in [0.25, 0.3) is 0 Å². The average molecular weight is 310 g/mol. The van der Waals surface area contributed by atoms with Gasteiger partial charge in [0.2, 0.25) is 11.9 Å². The Morgan fingerprint density at radius 2 is 2.14 bits per heavy atom. The van der Waals surface area contributed by atoms with Gasteiger partial charge in [0.25, 0.3) is 10.0 Å². The summed E-state index contributed by atoms with van der Waals surface area (Å²) in [5.74, 6) is 0.135. The molecule has 0 aliphatic rings. The number of anilines is 2. The molecule has 3 N–H and O–H groups in total. The molecule has 2 rings (SSSR count). The van der Waals surface area contributed by atoms with E-state index in [-0.39, 0.29) is 22.4 Å². The second-order valence-corrected chi connectivity index (χ2v) is 5.77. The first-order valence-electron chi connectivity index (χ1n) is 5.90. The van der Waals surface area contributed by atoms with Crippen molar-refractivity contribution in [3.05, 3.63) is 30.6 Å². The standard InChI is InChI=1S/C12H14N4O4S/c1-8(17)15-10-7-9(3-4-11(10)20-2)21(18,19)16-12-13-5-6-14-12/h3-7H,1-2H3,(H,15,17)(H2,13,14,16). The molecule has 2 aromatic rings. The van der Waals surface area contributed by atoms with Gasteiger partial charge in [0.1, 0.15) is 5.75 Å². The van der Waals surface area contributed by atoms with Gasteiger partial charge in [-0.1, -0.05) is 0 Å². The number of benzene rings is 1. The van der Waals surface area contributed by atoms with Crippen LogP contribution in [0.4, 0.5) is 11.6 Å². The fraction of sp³-hybridized carbons (Fsp3) is 0.167. The van der Waals surface area contributed by atoms with Gasteiger partial charge in [0.15, 0.2) is 0 Å². The quantitative estimate of drug-likeness (QED) is 0.767. The topological polar surface area (TPSA) is 113 Å². The van der Waals surface area contributed by atoms with Gasteiger partial charge in [-0.15, -0.1) is 0 Å². The Kier molecular flexibility index (Phi) is 4.13. The number of aromatic nitrogens is 2. The summed E-state index contributed by atoms with van der Waals surface area (Å²) in [7, 11) is -2.39. The van der Waals surface area contributed by atoms with Crippen molar-refractivity contribution in [1.82, 2.24) is 9.97 Å². The second kappa shape index (κ2) is 5.83. The van der Waals surface area contributed by atoms with Gasteiger partial charge < -0.3 is 15.0 Å². The number of aromatic amines is 1. The predicted molar refractivity (Wildman–Crippen MR) is 76.7 cm³/mol. The number of nitrogens with one attached hydrogen (secondary N) is 3. The normalized spacial score (nSPS) is 11.0. The molecule has 0 atom stereocenters. The van der Waals surface area contributed by atoms with Gasteiger partial charge in [0, 0.05) is 19.3 Å². The maximum atomic E-state index is 12.2. The molecule has 0 aliphatic carbocycles. The molecule has 0 saturated heterocycles. The van der Waals surface area contributed by atoms with E-state index in [0.29, 0.717) is 5.75 Å². The number of carbonyl (C=O) groups is 1. The third-order valence-electron chi connectivity index (χ3n) is 2.52. The Bertz CT molecular complexity index is 741. The van der Waals surface area contributed by atoms with Crippen LogP contribution in [-0.4, -0.2) is 31.4 Å². The molecule has 0 radical (unpaired) electrons. The number of rotatable bonds is 5. The molecule has 8 nitrogen and oxygen atoms in total. The van der Waals surface area contributed by atoms with Crippen LogP contribution in [0.3, 0.4) is 0 Å². The van der Waals surface area contributed by atoms with Crippen LogP contribution in [-0.2, 0) is 14.8 Å². The fourth-order valence-corrected chi connectivity index (χ4v) is 2.65. The van der Waals surface area contributed by atoms with E-state index >= 15 is 0 Å². The first kappa shape index (κ1) is 14.9. The summed E-state index contributed by atoms with van der Waals surface area (Å²) in [4.78, 5) is 17.6. The van der Waals surface area contributed by atoms with E-state index in [2.05, 4.69) is 20.0 Å². The number of carbonyl (C=O) groups excluding carboxylic acids is 1. The van der Waals surface area contributed by atoms with Crippen molar-refractivity contribution in [1.29, 1.82) is 0 Å². The van der Waals surface area contributed by atoms with Crippen molar-refractivity contribution in [2.24, 2.45) is 0 Å². The third kappa shape index (κ3) is 3.51. The molecule has 0 unspecified atom stereocenters. The van der Waals surface area contributed by atoms with Gasteiger partial charge in [0.05, 0.1) is 17.7 Å². The highest BCUT2D eigenvalue weighted by Gasteiger charge is 2.18. The molecule has 0 bridgehead atoms. The zero-order chi connectivity index (χ0) is 15.5. The van der Waals surface area contributed by atoms with Gasteiger partial charge >= 0.3 is 0 Å². The number of ether oxygens (including phenoxy) is 1. The lowest BCUT2D eigenvalue weighted by atomic mass is 10.3. The highest BCUT2D eigenvalue weighted by Crippen LogP contribution is 2.28. The lowest BCUT2D eigenvalue weighted by molar-refractivity contribution is -0.114. The van der Waals surface area contributed by atoms with Crippen LogP contribution >= 0.6 is 0 Å². The van der Waals surface area contributed by atoms with Crippen LogP contribution in [0, 0.1) is 0 Å². The monoisotopic (exact) mass is 310 g/mol. The van der Waals surface area contributed by atoms with E-state index in [1.807, 2.05) is 0 Å². The maximum Gasteiger partial charge on any atom is 0.264 e. The molecule has 112 valence electrons. The zero-order valence-electron chi connectivity index (χ0n) is 11.4. The van der Waals surface area contributed by atoms with Crippen LogP contribution in [0.2, 0.25) is 0 Å². The van der Waals surface area contributed by atoms with E-state index < -0.39 is 10.0 Å². The molecule has 0 spiro atoms. The van der Waals surface area contributed by atoms with Crippen molar-refractivity contribution in [3.8, 4) is 5.75 Å². The summed E-state index contributed by atoms with van der Waals surface area (Å²) in [6, 6.07) is 4.14. The predicted octanol–water partition coefficient (Wildman–Crippen LogP) is 1.18. The SMILES string of the molecule is COc1ccc(S(=O)(=O)Nc2ncc[nH]2)cc1NC(C)=O. The summed E-state index contributed by atoms with van der Waals surface area (Å²) in [5.41, 5.74) is 0.271. The number of amides is 1. The molecule has 0 aliphatic heterocycles. The lowest BCUT2D eigenvalue weighted by Crippen LogP contribution is -2.15. The van der Waals surface area contributed by atoms with E-state index in [0.717, 1.165) is 0 Å². The highest BCUT2D eigenvalue weighted by atomic mass is 32.2. The minimum Gasteiger partial charge on any atom is -0.495 e. The smallest absolute Gasteiger partial charge is 0.264 e. The summed E-state index contributed by atoms with van der Waals surface area (Å²) in [6.07, 6.45) is 2.92. The number of H-pyrrole nitrogens is 1. The molecule has 0 fully saturated rings. The van der Waals surface area contributed by atoms with Gasteiger partial charge in [-0.2, -0.15) is 0 Å². The van der Waals surface area contributed by atoms with Crippen molar-refractivity contribution >= 4 is 27.6 Å². The molecule has 21 heavy (non-hydrogen) atoms. The number of sulfonamides is 1. The molecule has 9 heteroatoms. The Morgan fingerprint density at radius 1 is 1.38 bits per heavy atom. The largest absolute Gasteiger partial charge is 0.495 e. The van der Waals surface area contributed by atoms with Crippen LogP contribution in [0.1, 0.15) is 6.92 Å². The Morgan fingerprint density at radius 3 is 2.71 bits per heavy atom. The molecule has 1 aromatic carbocycles. The zero-order valence-corrected chi connectivity index (χ0v) is 12.2. The fourth-order valence-electron chi connectivity index (χ4n) is 1.65. The van der Waals surface area contributed by atoms with Crippen molar-refractivity contribution in [2.45, 2.75) is 11.8 Å². The minimum absolute atomic E-state index is 0.0246. The average Bonchev–Trinajstić information content (AvgIpc) is 2.90. The number of methoxy groups -OCH3 is 1. The number of hydrogen-bond acceptors (Lipinski definition) is 5. The van der Waals surface area contributed by atoms with Crippen molar-refractivity contribution in [3.63, 3.8) is 0 Å². The van der Waals surface area contributed by atoms with Crippen LogP contribution < -0.4 is 14.8 Å². The first-order chi connectivity index (χ1) is 9.92. The molecular weight excluding hydrogens is 296 g/mol. The molecule has 1 amide bonds. The van der Waals surface area contributed by atoms with E-state index in [1.165, 1.54) is 44.6 Å². The van der Waals surface area contributed by atoms with Gasteiger partial charge in [-0.25, -0.2) is 18.1 Å². The molecule has 0 saturated carbocycles. The summed E-state index contributed by atoms with van der Waals surface area (Å²) >= 11 is 0. The van der Waals surface area contributed by atoms with Crippen molar-refractivity contribution < 1.29 is 17.9 Å². The van der Waals surface area contributed by atoms with E-state index in [9.17, 15) is 13.2 Å². The number of nitrogens with zero attached hydrogens (tertiary/aromatic N) is 1. The molecule has 1 heterocycles. The Balaban J connectivity index is 2.37. The highest BCUT2D eigenvalue weighted by molar-refractivity contribution is 7.92. The summed E-state index contributed by atoms with van der Waals surface area (Å²) in [5, 5.41) is 2.52. The Hall–Kier alpha value is -2.55. The number of imidazole rings is 1. The summed E-state index contributed by atoms with van der Waals surface area (Å²) in [6.45, 7) is 1.32. The second-order valence-electron chi connectivity index (χ2n) is 4.09. The van der Waals surface area contributed by atoms with Gasteiger partial charge in [-0.05, 0) is 18.2 Å². The number of hydrogen-bond donors (Lipinski definition) is 3. The lowest BCUT2D eigenvalue weighted by Gasteiger charge is -2.11. The van der Waals surface area contributed by atoms with Crippen LogP contribution in [0.15, 0.2) is 35.5 Å². The molecular formula is C12H14N4O4S. The Labute approximate surface area is 121 Å². The van der Waals surface area contributed by atoms with Gasteiger partial charge in [-0.3, -0.25) is 4.79 Å². The van der Waals surface area contributed by atoms with Crippen LogP contribution in [0.5, 0.6) is 5.75 Å². The summed E-state index contributed by atoms with van der Waals surface area (Å²) < 4.78 is 31.8. The maximum absolute atomic E-state index is 12.2. The third-order valence-corrected chi connectivity index (χ3v) is 3.86. The van der Waals surface area contributed by atoms with E-state index in [4.69, 9.17) is 4.74 Å². The molecule has 1 aromatic heterocycles. The first-order valence-corrected chi connectivity index (χ1v) is 7.38. The van der Waals surface area contributed by atoms with Crippen molar-refractivity contribution in [2.75, 3.05) is 17.1 Å². The van der Waals surface area contributed by atoms with E-state index in [1.54, 1.807) is 0 Å².